The van der Waals surface area contributed by atoms with Crippen LogP contribution in [0.15, 0.2) is 36.8 Å². The summed E-state index contributed by atoms with van der Waals surface area (Å²) in [5.74, 6) is 1.35. The van der Waals surface area contributed by atoms with E-state index in [1.54, 1.807) is 23.2 Å². The molecule has 0 aliphatic heterocycles. The Labute approximate surface area is 121 Å². The van der Waals surface area contributed by atoms with Crippen LogP contribution in [0.3, 0.4) is 0 Å². The van der Waals surface area contributed by atoms with E-state index < -0.39 is 0 Å². The Morgan fingerprint density at radius 3 is 2.95 bits per heavy atom. The van der Waals surface area contributed by atoms with Crippen molar-refractivity contribution in [1.82, 2.24) is 14.5 Å². The first-order valence-corrected chi connectivity index (χ1v) is 6.49. The molecule has 0 atom stereocenters. The number of hydrogen-bond donors (Lipinski definition) is 1. The zero-order valence-corrected chi connectivity index (χ0v) is 11.4. The van der Waals surface area contributed by atoms with Crippen molar-refractivity contribution in [3.05, 3.63) is 42.5 Å². The van der Waals surface area contributed by atoms with Gasteiger partial charge in [0, 0.05) is 23.3 Å². The summed E-state index contributed by atoms with van der Waals surface area (Å²) in [6, 6.07) is 9.29. The molecule has 3 aromatic rings. The van der Waals surface area contributed by atoms with Crippen molar-refractivity contribution in [2.45, 2.75) is 6.92 Å². The Kier molecular flexibility index (Phi) is 3.16. The van der Waals surface area contributed by atoms with E-state index in [1.807, 2.05) is 31.2 Å². The molecule has 0 bridgehead atoms. The van der Waals surface area contributed by atoms with E-state index in [4.69, 9.17) is 15.7 Å². The molecular weight excluding hydrogens is 266 g/mol. The van der Waals surface area contributed by atoms with E-state index in [9.17, 15) is 0 Å². The molecule has 6 nitrogen and oxygen atoms in total. The van der Waals surface area contributed by atoms with Crippen LogP contribution in [0.4, 0.5) is 5.69 Å². The van der Waals surface area contributed by atoms with E-state index in [-0.39, 0.29) is 0 Å². The summed E-state index contributed by atoms with van der Waals surface area (Å²) in [4.78, 5) is 8.54. The fourth-order valence-electron chi connectivity index (χ4n) is 2.11. The van der Waals surface area contributed by atoms with Crippen LogP contribution in [0.2, 0.25) is 0 Å². The van der Waals surface area contributed by atoms with Gasteiger partial charge in [0.25, 0.3) is 0 Å². The number of pyridine rings is 1. The van der Waals surface area contributed by atoms with Crippen LogP contribution in [-0.4, -0.2) is 21.1 Å². The van der Waals surface area contributed by atoms with Crippen molar-refractivity contribution >= 4 is 16.6 Å². The molecule has 0 saturated heterocycles. The summed E-state index contributed by atoms with van der Waals surface area (Å²) >= 11 is 0. The van der Waals surface area contributed by atoms with Gasteiger partial charge in [-0.15, -0.1) is 0 Å². The number of nitrogens with two attached hydrogens (primary N) is 1. The second-order valence-electron chi connectivity index (χ2n) is 4.47. The van der Waals surface area contributed by atoms with Crippen LogP contribution in [0, 0.1) is 11.3 Å². The summed E-state index contributed by atoms with van der Waals surface area (Å²) in [7, 11) is 0. The summed E-state index contributed by atoms with van der Waals surface area (Å²) < 4.78 is 7.37. The molecule has 0 aliphatic rings. The smallest absolute Gasteiger partial charge is 0.158 e. The Morgan fingerprint density at radius 2 is 2.24 bits per heavy atom. The fourth-order valence-corrected chi connectivity index (χ4v) is 2.11. The number of ether oxygens (including phenoxy) is 1. The van der Waals surface area contributed by atoms with Crippen LogP contribution in [0.25, 0.3) is 16.7 Å². The number of hydrogen-bond acceptors (Lipinski definition) is 5. The number of nitrogens with zero attached hydrogens (tertiary/aromatic N) is 4. The number of fused-ring (bicyclic) bond motifs is 1. The summed E-state index contributed by atoms with van der Waals surface area (Å²) in [5.41, 5.74) is 7.60. The van der Waals surface area contributed by atoms with Gasteiger partial charge in [0.05, 0.1) is 12.1 Å². The van der Waals surface area contributed by atoms with Gasteiger partial charge in [0.2, 0.25) is 0 Å². The first-order chi connectivity index (χ1) is 10.2. The Bertz CT molecular complexity index is 847. The third kappa shape index (κ3) is 2.37. The Balaban J connectivity index is 2.20. The van der Waals surface area contributed by atoms with Crippen LogP contribution in [0.1, 0.15) is 12.6 Å². The standard InChI is InChI=1S/C15H13N5O/c1-2-21-14-6-15(20-8-11(7-16)18-9-20)19-13-4-3-10(17)5-12(13)14/h3-6,8-9H,2,17H2,1H3. The molecule has 3 rings (SSSR count). The lowest BCUT2D eigenvalue weighted by Gasteiger charge is -2.10. The van der Waals surface area contributed by atoms with E-state index in [0.717, 1.165) is 10.9 Å². The van der Waals surface area contributed by atoms with Crippen molar-refractivity contribution < 1.29 is 4.74 Å². The molecule has 0 fully saturated rings. The highest BCUT2D eigenvalue weighted by Gasteiger charge is 2.09. The highest BCUT2D eigenvalue weighted by atomic mass is 16.5. The first-order valence-electron chi connectivity index (χ1n) is 6.49. The zero-order valence-electron chi connectivity index (χ0n) is 11.4. The predicted molar refractivity (Wildman–Crippen MR) is 79.2 cm³/mol. The van der Waals surface area contributed by atoms with Gasteiger partial charge < -0.3 is 10.5 Å². The van der Waals surface area contributed by atoms with Gasteiger partial charge >= 0.3 is 0 Å². The van der Waals surface area contributed by atoms with Gasteiger partial charge in [-0.05, 0) is 25.1 Å². The number of rotatable bonds is 3. The average Bonchev–Trinajstić information content (AvgIpc) is 2.97. The highest BCUT2D eigenvalue weighted by molar-refractivity contribution is 5.88. The normalized spacial score (nSPS) is 10.5. The van der Waals surface area contributed by atoms with Crippen LogP contribution < -0.4 is 10.5 Å². The monoisotopic (exact) mass is 279 g/mol. The van der Waals surface area contributed by atoms with Crippen molar-refractivity contribution in [3.8, 4) is 17.6 Å². The summed E-state index contributed by atoms with van der Waals surface area (Å²) in [6.45, 7) is 2.46. The van der Waals surface area contributed by atoms with Crippen LogP contribution in [0.5, 0.6) is 5.75 Å². The molecule has 0 unspecified atom stereocenters. The van der Waals surface area contributed by atoms with Crippen molar-refractivity contribution in [2.75, 3.05) is 12.3 Å². The van der Waals surface area contributed by atoms with Gasteiger partial charge in [0.1, 0.15) is 24.0 Å². The molecule has 0 spiro atoms. The van der Waals surface area contributed by atoms with Gasteiger partial charge in [-0.25, -0.2) is 9.97 Å². The maximum absolute atomic E-state index is 8.85. The molecule has 104 valence electrons. The van der Waals surface area contributed by atoms with Gasteiger partial charge in [-0.2, -0.15) is 5.26 Å². The van der Waals surface area contributed by atoms with Crippen molar-refractivity contribution in [3.63, 3.8) is 0 Å². The minimum Gasteiger partial charge on any atom is -0.493 e. The second kappa shape index (κ2) is 5.13. The first kappa shape index (κ1) is 12.9. The maximum Gasteiger partial charge on any atom is 0.158 e. The third-order valence-electron chi connectivity index (χ3n) is 3.04. The minimum atomic E-state index is 0.340. The van der Waals surface area contributed by atoms with Crippen LogP contribution >= 0.6 is 0 Å². The second-order valence-corrected chi connectivity index (χ2v) is 4.47. The fraction of sp³-hybridized carbons (Fsp3) is 0.133. The lowest BCUT2D eigenvalue weighted by molar-refractivity contribution is 0.344. The van der Waals surface area contributed by atoms with Crippen molar-refractivity contribution in [1.29, 1.82) is 5.26 Å². The Morgan fingerprint density at radius 1 is 1.38 bits per heavy atom. The number of benzene rings is 1. The topological polar surface area (TPSA) is 89.8 Å². The van der Waals surface area contributed by atoms with Gasteiger partial charge in [-0.3, -0.25) is 4.57 Å². The lowest BCUT2D eigenvalue weighted by atomic mass is 10.2. The number of imidazole rings is 1. The molecule has 0 amide bonds. The number of aromatic nitrogens is 3. The molecule has 2 heterocycles. The van der Waals surface area contributed by atoms with E-state index >= 15 is 0 Å². The SMILES string of the molecule is CCOc1cc(-n2cnc(C#N)c2)nc2ccc(N)cc12. The molecular formula is C15H13N5O. The van der Waals surface area contributed by atoms with Crippen LogP contribution in [-0.2, 0) is 0 Å². The Hall–Kier alpha value is -3.07. The minimum absolute atomic E-state index is 0.340. The molecule has 2 aromatic heterocycles. The molecule has 0 radical (unpaired) electrons. The number of nitrogen functional groups attached to an aromatic ring is 1. The summed E-state index contributed by atoms with van der Waals surface area (Å²) in [6.07, 6.45) is 3.18. The average molecular weight is 279 g/mol. The highest BCUT2D eigenvalue weighted by Crippen LogP contribution is 2.28. The largest absolute Gasteiger partial charge is 0.493 e. The van der Waals surface area contributed by atoms with Crippen molar-refractivity contribution in [2.24, 2.45) is 0 Å². The third-order valence-corrected chi connectivity index (χ3v) is 3.04. The molecule has 21 heavy (non-hydrogen) atoms. The molecule has 6 heteroatoms. The lowest BCUT2D eigenvalue weighted by Crippen LogP contribution is -2.00. The van der Waals surface area contributed by atoms with E-state index in [0.29, 0.717) is 29.6 Å². The van der Waals surface area contributed by atoms with E-state index in [2.05, 4.69) is 9.97 Å². The molecule has 1 aromatic carbocycles. The number of anilines is 1. The quantitative estimate of drug-likeness (QED) is 0.743. The van der Waals surface area contributed by atoms with Gasteiger partial charge in [-0.1, -0.05) is 0 Å². The molecule has 0 aliphatic carbocycles. The molecule has 2 N–H and O–H groups in total. The van der Waals surface area contributed by atoms with E-state index in [1.165, 1.54) is 0 Å². The van der Waals surface area contributed by atoms with Gasteiger partial charge in [0.15, 0.2) is 5.69 Å². The summed E-state index contributed by atoms with van der Waals surface area (Å²) in [5, 5.41) is 9.72. The maximum atomic E-state index is 8.85. The molecule has 0 saturated carbocycles. The predicted octanol–water partition coefficient (Wildman–Crippen LogP) is 2.27. The number of nitriles is 1. The zero-order chi connectivity index (χ0) is 14.8.